The fraction of sp³-hybridized carbons (Fsp3) is 0.562. The Kier molecular flexibility index (Phi) is 5.40. The summed E-state index contributed by atoms with van der Waals surface area (Å²) in [4.78, 5) is 11.9. The number of hydrogen-bond donors (Lipinski definition) is 2. The number of nitrogens with one attached hydrogen (secondary N) is 2. The highest BCUT2D eigenvalue weighted by molar-refractivity contribution is 5.78. The summed E-state index contributed by atoms with van der Waals surface area (Å²) < 4.78 is 0. The van der Waals surface area contributed by atoms with Crippen LogP contribution in [-0.2, 0) is 4.79 Å². The van der Waals surface area contributed by atoms with Gasteiger partial charge >= 0.3 is 0 Å². The average Bonchev–Trinajstić information content (AvgIpc) is 3.23. The van der Waals surface area contributed by atoms with Crippen LogP contribution in [0, 0.1) is 5.92 Å². The number of hydrogen-bond acceptors (Lipinski definition) is 2. The first-order valence-corrected chi connectivity index (χ1v) is 7.34. The molecule has 0 heterocycles. The Morgan fingerprint density at radius 1 is 1.32 bits per heavy atom. The fourth-order valence-electron chi connectivity index (χ4n) is 2.25. The monoisotopic (exact) mass is 260 g/mol. The SMILES string of the molecule is CCCC(NC(=O)CNCC1CC1)c1ccccc1. The van der Waals surface area contributed by atoms with Gasteiger partial charge in [-0.05, 0) is 37.3 Å². The van der Waals surface area contributed by atoms with E-state index < -0.39 is 0 Å². The summed E-state index contributed by atoms with van der Waals surface area (Å²) in [5, 5.41) is 6.36. The minimum absolute atomic E-state index is 0.1000. The zero-order chi connectivity index (χ0) is 13.5. The van der Waals surface area contributed by atoms with Crippen LogP contribution in [0.5, 0.6) is 0 Å². The molecule has 3 heteroatoms. The molecule has 1 unspecified atom stereocenters. The molecule has 0 aliphatic heterocycles. The highest BCUT2D eigenvalue weighted by Crippen LogP contribution is 2.27. The number of rotatable bonds is 8. The zero-order valence-corrected chi connectivity index (χ0v) is 11.7. The molecule has 0 saturated heterocycles. The third kappa shape index (κ3) is 5.03. The van der Waals surface area contributed by atoms with Gasteiger partial charge in [-0.2, -0.15) is 0 Å². The molecule has 1 fully saturated rings. The van der Waals surface area contributed by atoms with Crippen LogP contribution in [0.1, 0.15) is 44.2 Å². The molecule has 1 aliphatic carbocycles. The van der Waals surface area contributed by atoms with Gasteiger partial charge in [-0.25, -0.2) is 0 Å². The molecule has 2 N–H and O–H groups in total. The van der Waals surface area contributed by atoms with Gasteiger partial charge in [-0.3, -0.25) is 4.79 Å². The molecule has 0 bridgehead atoms. The van der Waals surface area contributed by atoms with Crippen molar-refractivity contribution < 1.29 is 4.79 Å². The first kappa shape index (κ1) is 14.1. The Bertz CT molecular complexity index is 387. The molecule has 1 amide bonds. The molecule has 3 nitrogen and oxygen atoms in total. The molecule has 0 radical (unpaired) electrons. The number of benzene rings is 1. The van der Waals surface area contributed by atoms with Crippen molar-refractivity contribution in [2.75, 3.05) is 13.1 Å². The van der Waals surface area contributed by atoms with Crippen molar-refractivity contribution in [2.24, 2.45) is 5.92 Å². The smallest absolute Gasteiger partial charge is 0.234 e. The van der Waals surface area contributed by atoms with Gasteiger partial charge in [-0.1, -0.05) is 43.7 Å². The maximum absolute atomic E-state index is 11.9. The lowest BCUT2D eigenvalue weighted by molar-refractivity contribution is -0.121. The summed E-state index contributed by atoms with van der Waals surface area (Å²) in [5.41, 5.74) is 1.19. The first-order chi connectivity index (χ1) is 9.29. The van der Waals surface area contributed by atoms with Crippen molar-refractivity contribution in [3.05, 3.63) is 35.9 Å². The van der Waals surface area contributed by atoms with E-state index >= 15 is 0 Å². The highest BCUT2D eigenvalue weighted by Gasteiger charge is 2.21. The molecule has 1 saturated carbocycles. The van der Waals surface area contributed by atoms with Crippen LogP contribution >= 0.6 is 0 Å². The topological polar surface area (TPSA) is 41.1 Å². The predicted octanol–water partition coefficient (Wildman–Crippen LogP) is 2.64. The van der Waals surface area contributed by atoms with Crippen LogP contribution in [-0.4, -0.2) is 19.0 Å². The Morgan fingerprint density at radius 2 is 2.05 bits per heavy atom. The lowest BCUT2D eigenvalue weighted by atomic mass is 10.0. The van der Waals surface area contributed by atoms with Crippen molar-refractivity contribution in [2.45, 2.75) is 38.6 Å². The summed E-state index contributed by atoms with van der Waals surface area (Å²) in [5.74, 6) is 0.913. The van der Waals surface area contributed by atoms with E-state index in [0.29, 0.717) is 6.54 Å². The molecule has 1 aromatic carbocycles. The van der Waals surface area contributed by atoms with Crippen molar-refractivity contribution in [3.63, 3.8) is 0 Å². The number of carbonyl (C=O) groups is 1. The van der Waals surface area contributed by atoms with E-state index in [2.05, 4.69) is 29.7 Å². The van der Waals surface area contributed by atoms with Gasteiger partial charge in [0.15, 0.2) is 0 Å². The summed E-state index contributed by atoms with van der Waals surface area (Å²) in [7, 11) is 0. The van der Waals surface area contributed by atoms with Crippen LogP contribution < -0.4 is 10.6 Å². The van der Waals surface area contributed by atoms with Gasteiger partial charge in [0.1, 0.15) is 0 Å². The fourth-order valence-corrected chi connectivity index (χ4v) is 2.25. The normalized spacial score (nSPS) is 16.1. The van der Waals surface area contributed by atoms with Gasteiger partial charge in [-0.15, -0.1) is 0 Å². The Morgan fingerprint density at radius 3 is 2.68 bits per heavy atom. The van der Waals surface area contributed by atoms with E-state index in [1.807, 2.05) is 18.2 Å². The van der Waals surface area contributed by atoms with E-state index in [1.165, 1.54) is 18.4 Å². The largest absolute Gasteiger partial charge is 0.348 e. The number of carbonyl (C=O) groups excluding carboxylic acids is 1. The van der Waals surface area contributed by atoms with Crippen LogP contribution in [0.4, 0.5) is 0 Å². The van der Waals surface area contributed by atoms with E-state index in [1.54, 1.807) is 0 Å². The summed E-state index contributed by atoms with van der Waals surface area (Å²) >= 11 is 0. The molecular formula is C16H24N2O. The lowest BCUT2D eigenvalue weighted by Crippen LogP contribution is -2.37. The van der Waals surface area contributed by atoms with Crippen molar-refractivity contribution in [1.82, 2.24) is 10.6 Å². The third-order valence-electron chi connectivity index (χ3n) is 3.53. The highest BCUT2D eigenvalue weighted by atomic mass is 16.1. The first-order valence-electron chi connectivity index (χ1n) is 7.34. The molecule has 104 valence electrons. The summed E-state index contributed by atoms with van der Waals surface area (Å²) in [6, 6.07) is 10.4. The van der Waals surface area contributed by atoms with Crippen LogP contribution in [0.25, 0.3) is 0 Å². The van der Waals surface area contributed by atoms with Gasteiger partial charge in [0.2, 0.25) is 5.91 Å². The second-order valence-corrected chi connectivity index (χ2v) is 5.39. The van der Waals surface area contributed by atoms with Crippen molar-refractivity contribution >= 4 is 5.91 Å². The molecule has 19 heavy (non-hydrogen) atoms. The van der Waals surface area contributed by atoms with E-state index in [9.17, 15) is 4.79 Å². The van der Waals surface area contributed by atoms with E-state index in [-0.39, 0.29) is 11.9 Å². The molecule has 1 aromatic rings. The molecule has 2 rings (SSSR count). The van der Waals surface area contributed by atoms with Crippen LogP contribution in [0.3, 0.4) is 0 Å². The van der Waals surface area contributed by atoms with Gasteiger partial charge in [0.25, 0.3) is 0 Å². The quantitative estimate of drug-likeness (QED) is 0.754. The molecular weight excluding hydrogens is 236 g/mol. The second kappa shape index (κ2) is 7.29. The Balaban J connectivity index is 1.79. The van der Waals surface area contributed by atoms with Crippen LogP contribution in [0.2, 0.25) is 0 Å². The third-order valence-corrected chi connectivity index (χ3v) is 3.53. The average molecular weight is 260 g/mol. The predicted molar refractivity (Wildman–Crippen MR) is 77.8 cm³/mol. The molecule has 0 aromatic heterocycles. The summed E-state index contributed by atoms with van der Waals surface area (Å²) in [6.07, 6.45) is 4.68. The second-order valence-electron chi connectivity index (χ2n) is 5.39. The Labute approximate surface area is 115 Å². The summed E-state index contributed by atoms with van der Waals surface area (Å²) in [6.45, 7) is 3.56. The van der Waals surface area contributed by atoms with Gasteiger partial charge < -0.3 is 10.6 Å². The van der Waals surface area contributed by atoms with Gasteiger partial charge in [0.05, 0.1) is 12.6 Å². The Hall–Kier alpha value is -1.35. The van der Waals surface area contributed by atoms with Crippen molar-refractivity contribution in [1.29, 1.82) is 0 Å². The molecule has 1 atom stereocenters. The minimum atomic E-state index is 0.1000. The van der Waals surface area contributed by atoms with E-state index in [4.69, 9.17) is 0 Å². The molecule has 0 spiro atoms. The zero-order valence-electron chi connectivity index (χ0n) is 11.7. The van der Waals surface area contributed by atoms with Crippen LogP contribution in [0.15, 0.2) is 30.3 Å². The lowest BCUT2D eigenvalue weighted by Gasteiger charge is -2.18. The number of amides is 1. The van der Waals surface area contributed by atoms with E-state index in [0.717, 1.165) is 25.3 Å². The molecule has 1 aliphatic rings. The minimum Gasteiger partial charge on any atom is -0.348 e. The van der Waals surface area contributed by atoms with Crippen molar-refractivity contribution in [3.8, 4) is 0 Å². The standard InChI is InChI=1S/C16H24N2O/c1-2-6-15(14-7-4-3-5-8-14)18-16(19)12-17-11-13-9-10-13/h3-5,7-8,13,15,17H,2,6,9-12H2,1H3,(H,18,19). The maximum atomic E-state index is 11.9. The maximum Gasteiger partial charge on any atom is 0.234 e. The van der Waals surface area contributed by atoms with Gasteiger partial charge in [0, 0.05) is 0 Å².